The Morgan fingerprint density at radius 1 is 1.43 bits per heavy atom. The molecule has 1 aliphatic rings. The summed E-state index contributed by atoms with van der Waals surface area (Å²) in [4.78, 5) is 13.2. The first kappa shape index (κ1) is 11.3. The highest BCUT2D eigenvalue weighted by Gasteiger charge is 2.24. The number of hydrogen-bond acceptors (Lipinski definition) is 1. The van der Waals surface area contributed by atoms with E-state index in [-0.39, 0.29) is 5.91 Å². The first-order valence-corrected chi connectivity index (χ1v) is 5.56. The fourth-order valence-corrected chi connectivity index (χ4v) is 2.28. The van der Waals surface area contributed by atoms with Crippen molar-refractivity contribution >= 4 is 5.91 Å². The zero-order chi connectivity index (χ0) is 10.6. The summed E-state index contributed by atoms with van der Waals surface area (Å²) in [5, 5.41) is 0. The van der Waals surface area contributed by atoms with Crippen LogP contribution in [-0.4, -0.2) is 23.9 Å². The monoisotopic (exact) mass is 195 g/mol. The molecule has 0 radical (unpaired) electrons. The van der Waals surface area contributed by atoms with Crippen molar-refractivity contribution in [1.29, 1.82) is 0 Å². The molecule has 14 heavy (non-hydrogen) atoms. The van der Waals surface area contributed by atoms with Gasteiger partial charge in [-0.15, -0.1) is 0 Å². The van der Waals surface area contributed by atoms with Crippen LogP contribution in [0.1, 0.15) is 39.0 Å². The molecule has 2 heteroatoms. The normalized spacial score (nSPS) is 20.1. The maximum absolute atomic E-state index is 11.4. The molecular formula is C12H21NO. The van der Waals surface area contributed by atoms with Crippen LogP contribution in [0.4, 0.5) is 0 Å². The highest BCUT2D eigenvalue weighted by molar-refractivity contribution is 5.86. The molecule has 0 aromatic carbocycles. The standard InChI is InChI=1S/C12H21NO/c1-4-12(14)13(3)10(2)11-8-6-5-7-9-11/h4,10-11H,1,5-9H2,2-3H3. The van der Waals surface area contributed by atoms with E-state index in [1.807, 2.05) is 11.9 Å². The lowest BCUT2D eigenvalue weighted by Crippen LogP contribution is -2.39. The molecule has 80 valence electrons. The molecule has 1 rings (SSSR count). The topological polar surface area (TPSA) is 20.3 Å². The van der Waals surface area contributed by atoms with Crippen LogP contribution in [0.3, 0.4) is 0 Å². The predicted molar refractivity (Wildman–Crippen MR) is 59.0 cm³/mol. The number of rotatable bonds is 3. The highest BCUT2D eigenvalue weighted by Crippen LogP contribution is 2.28. The summed E-state index contributed by atoms with van der Waals surface area (Å²) in [6, 6.07) is 0.362. The molecule has 1 fully saturated rings. The Kier molecular flexibility index (Phi) is 4.18. The van der Waals surface area contributed by atoms with E-state index in [4.69, 9.17) is 0 Å². The van der Waals surface area contributed by atoms with Gasteiger partial charge in [0.15, 0.2) is 0 Å². The summed E-state index contributed by atoms with van der Waals surface area (Å²) < 4.78 is 0. The van der Waals surface area contributed by atoms with Crippen LogP contribution in [-0.2, 0) is 4.79 Å². The van der Waals surface area contributed by atoms with Crippen molar-refractivity contribution in [3.8, 4) is 0 Å². The summed E-state index contributed by atoms with van der Waals surface area (Å²) in [5.74, 6) is 0.737. The molecule has 1 amide bonds. The van der Waals surface area contributed by atoms with Crippen molar-refractivity contribution in [2.24, 2.45) is 5.92 Å². The second-order valence-electron chi connectivity index (χ2n) is 4.29. The molecule has 1 unspecified atom stereocenters. The third-order valence-corrected chi connectivity index (χ3v) is 3.47. The molecule has 2 nitrogen and oxygen atoms in total. The van der Waals surface area contributed by atoms with Crippen molar-refractivity contribution in [3.05, 3.63) is 12.7 Å². The smallest absolute Gasteiger partial charge is 0.245 e. The number of hydrogen-bond donors (Lipinski definition) is 0. The van der Waals surface area contributed by atoms with Gasteiger partial charge in [0, 0.05) is 13.1 Å². The van der Waals surface area contributed by atoms with Crippen LogP contribution in [0, 0.1) is 5.92 Å². The Hall–Kier alpha value is -0.790. The SMILES string of the molecule is C=CC(=O)N(C)C(C)C1CCCCC1. The second kappa shape index (κ2) is 5.18. The largest absolute Gasteiger partial charge is 0.339 e. The first-order valence-electron chi connectivity index (χ1n) is 5.56. The van der Waals surface area contributed by atoms with Crippen molar-refractivity contribution in [2.75, 3.05) is 7.05 Å². The van der Waals surface area contributed by atoms with E-state index in [9.17, 15) is 4.79 Å². The van der Waals surface area contributed by atoms with Gasteiger partial charge in [-0.25, -0.2) is 0 Å². The van der Waals surface area contributed by atoms with Gasteiger partial charge in [0.2, 0.25) is 5.91 Å². The van der Waals surface area contributed by atoms with E-state index in [0.29, 0.717) is 12.0 Å². The summed E-state index contributed by atoms with van der Waals surface area (Å²) in [7, 11) is 1.88. The summed E-state index contributed by atoms with van der Waals surface area (Å²) >= 11 is 0. The van der Waals surface area contributed by atoms with Gasteiger partial charge in [0.1, 0.15) is 0 Å². The number of amides is 1. The van der Waals surface area contributed by atoms with Crippen molar-refractivity contribution in [1.82, 2.24) is 4.90 Å². The van der Waals surface area contributed by atoms with Gasteiger partial charge >= 0.3 is 0 Å². The van der Waals surface area contributed by atoms with Gasteiger partial charge < -0.3 is 4.90 Å². The fraction of sp³-hybridized carbons (Fsp3) is 0.750. The van der Waals surface area contributed by atoms with E-state index in [2.05, 4.69) is 13.5 Å². The molecule has 0 spiro atoms. The summed E-state index contributed by atoms with van der Waals surface area (Å²) in [6.45, 7) is 5.67. The van der Waals surface area contributed by atoms with Crippen LogP contribution in [0.25, 0.3) is 0 Å². The molecule has 0 saturated heterocycles. The van der Waals surface area contributed by atoms with Crippen LogP contribution in [0.5, 0.6) is 0 Å². The Morgan fingerprint density at radius 3 is 2.50 bits per heavy atom. The predicted octanol–water partition coefficient (Wildman–Crippen LogP) is 2.60. The Morgan fingerprint density at radius 2 is 2.00 bits per heavy atom. The molecular weight excluding hydrogens is 174 g/mol. The maximum atomic E-state index is 11.4. The molecule has 1 saturated carbocycles. The van der Waals surface area contributed by atoms with Crippen molar-refractivity contribution in [2.45, 2.75) is 45.1 Å². The average Bonchev–Trinajstić information content (AvgIpc) is 2.27. The third kappa shape index (κ3) is 2.60. The minimum atomic E-state index is 0.0445. The van der Waals surface area contributed by atoms with Crippen molar-refractivity contribution < 1.29 is 4.79 Å². The van der Waals surface area contributed by atoms with E-state index >= 15 is 0 Å². The van der Waals surface area contributed by atoms with Gasteiger partial charge in [-0.3, -0.25) is 4.79 Å². The zero-order valence-electron chi connectivity index (χ0n) is 9.33. The lowest BCUT2D eigenvalue weighted by atomic mass is 9.84. The number of nitrogens with zero attached hydrogens (tertiary/aromatic N) is 1. The average molecular weight is 195 g/mol. The first-order chi connectivity index (χ1) is 6.66. The molecule has 1 atom stereocenters. The van der Waals surface area contributed by atoms with Gasteiger partial charge in [0.25, 0.3) is 0 Å². The minimum Gasteiger partial charge on any atom is -0.339 e. The Balaban J connectivity index is 2.49. The minimum absolute atomic E-state index is 0.0445. The van der Waals surface area contributed by atoms with E-state index in [0.717, 1.165) is 0 Å². The quantitative estimate of drug-likeness (QED) is 0.634. The molecule has 0 N–H and O–H groups in total. The summed E-state index contributed by atoms with van der Waals surface area (Å²) in [5.41, 5.74) is 0. The van der Waals surface area contributed by atoms with Gasteiger partial charge in [-0.1, -0.05) is 25.8 Å². The third-order valence-electron chi connectivity index (χ3n) is 3.47. The van der Waals surface area contributed by atoms with Crippen LogP contribution in [0.2, 0.25) is 0 Å². The molecule has 1 aliphatic carbocycles. The second-order valence-corrected chi connectivity index (χ2v) is 4.29. The van der Waals surface area contributed by atoms with E-state index < -0.39 is 0 Å². The zero-order valence-corrected chi connectivity index (χ0v) is 9.33. The lowest BCUT2D eigenvalue weighted by Gasteiger charge is -2.33. The summed E-state index contributed by atoms with van der Waals surface area (Å²) in [6.07, 6.45) is 7.96. The number of carbonyl (C=O) groups excluding carboxylic acids is 1. The molecule has 0 aliphatic heterocycles. The van der Waals surface area contributed by atoms with Crippen LogP contribution < -0.4 is 0 Å². The lowest BCUT2D eigenvalue weighted by molar-refractivity contribution is -0.127. The fourth-order valence-electron chi connectivity index (χ4n) is 2.28. The van der Waals surface area contributed by atoms with Crippen LogP contribution in [0.15, 0.2) is 12.7 Å². The van der Waals surface area contributed by atoms with Crippen LogP contribution >= 0.6 is 0 Å². The maximum Gasteiger partial charge on any atom is 0.245 e. The number of carbonyl (C=O) groups is 1. The van der Waals surface area contributed by atoms with E-state index in [1.54, 1.807) is 0 Å². The molecule has 0 aromatic rings. The van der Waals surface area contributed by atoms with Crippen molar-refractivity contribution in [3.63, 3.8) is 0 Å². The van der Waals surface area contributed by atoms with Gasteiger partial charge in [-0.05, 0) is 31.8 Å². The number of likely N-dealkylation sites (N-methyl/N-ethyl adjacent to an activating group) is 1. The highest BCUT2D eigenvalue weighted by atomic mass is 16.2. The molecule has 0 aromatic heterocycles. The Bertz CT molecular complexity index is 206. The molecule has 0 bridgehead atoms. The Labute approximate surface area is 87.0 Å². The van der Waals surface area contributed by atoms with Gasteiger partial charge in [0.05, 0.1) is 0 Å². The van der Waals surface area contributed by atoms with E-state index in [1.165, 1.54) is 38.2 Å². The molecule has 0 heterocycles. The van der Waals surface area contributed by atoms with Gasteiger partial charge in [-0.2, -0.15) is 0 Å².